The summed E-state index contributed by atoms with van der Waals surface area (Å²) >= 11 is 0. The van der Waals surface area contributed by atoms with Crippen molar-refractivity contribution >= 4 is 21.1 Å². The first-order valence-electron chi connectivity index (χ1n) is 8.86. The Hall–Kier alpha value is -2.56. The van der Waals surface area contributed by atoms with Crippen LogP contribution < -0.4 is 0 Å². The summed E-state index contributed by atoms with van der Waals surface area (Å²) in [5, 5.41) is 7.38. The molecule has 0 bridgehead atoms. The first kappa shape index (κ1) is 19.7. The highest BCUT2D eigenvalue weighted by Crippen LogP contribution is 2.34. The van der Waals surface area contributed by atoms with Gasteiger partial charge in [0.2, 0.25) is 5.82 Å². The molecule has 1 aromatic heterocycles. The second kappa shape index (κ2) is 7.05. The van der Waals surface area contributed by atoms with Crippen LogP contribution in [0.25, 0.3) is 11.0 Å². The SMILES string of the molecule is O=S(=O)(c1c(F)c(F)c(F)c(F)c1F)n1nc2ccc(C3CCCCC3)cc2n1. The van der Waals surface area contributed by atoms with Crippen molar-refractivity contribution in [1.29, 1.82) is 0 Å². The van der Waals surface area contributed by atoms with E-state index in [1.807, 2.05) is 0 Å². The Bertz CT molecular complexity index is 1190. The number of benzene rings is 2. The predicted molar refractivity (Wildman–Crippen MR) is 92.2 cm³/mol. The van der Waals surface area contributed by atoms with E-state index in [0.29, 0.717) is 0 Å². The smallest absolute Gasteiger partial charge is 0.202 e. The van der Waals surface area contributed by atoms with Gasteiger partial charge in [-0.1, -0.05) is 29.5 Å². The van der Waals surface area contributed by atoms with Crippen molar-refractivity contribution < 1.29 is 30.4 Å². The first-order valence-corrected chi connectivity index (χ1v) is 10.3. The molecule has 0 unspecified atom stereocenters. The lowest BCUT2D eigenvalue weighted by Crippen LogP contribution is -2.21. The Morgan fingerprint density at radius 1 is 0.793 bits per heavy atom. The Balaban J connectivity index is 1.82. The van der Waals surface area contributed by atoms with Gasteiger partial charge in [-0.3, -0.25) is 0 Å². The Morgan fingerprint density at radius 3 is 1.97 bits per heavy atom. The molecule has 0 aliphatic heterocycles. The number of halogens is 5. The molecule has 1 aliphatic rings. The molecular formula is C18H14F5N3O2S. The van der Waals surface area contributed by atoms with E-state index in [0.717, 1.165) is 37.7 Å². The minimum absolute atomic E-state index is 0.0133. The van der Waals surface area contributed by atoms with Crippen LogP contribution >= 0.6 is 0 Å². The zero-order valence-electron chi connectivity index (χ0n) is 14.8. The number of nitrogens with zero attached hydrogens (tertiary/aromatic N) is 3. The van der Waals surface area contributed by atoms with Gasteiger partial charge in [-0.2, -0.15) is 8.42 Å². The molecule has 154 valence electrons. The number of hydrogen-bond donors (Lipinski definition) is 0. The second-order valence-corrected chi connectivity index (χ2v) is 8.59. The van der Waals surface area contributed by atoms with E-state index in [-0.39, 0.29) is 21.2 Å². The van der Waals surface area contributed by atoms with Gasteiger partial charge in [0.25, 0.3) is 0 Å². The molecule has 4 rings (SSSR count). The van der Waals surface area contributed by atoms with Crippen molar-refractivity contribution in [3.05, 3.63) is 52.8 Å². The van der Waals surface area contributed by atoms with E-state index in [9.17, 15) is 30.4 Å². The number of aromatic nitrogens is 3. The summed E-state index contributed by atoms with van der Waals surface area (Å²) in [5.41, 5.74) is 1.18. The van der Waals surface area contributed by atoms with Crippen LogP contribution in [0, 0.1) is 29.1 Å². The van der Waals surface area contributed by atoms with Gasteiger partial charge in [0, 0.05) is 0 Å². The standard InChI is InChI=1S/C18H14F5N3O2S/c19-13-14(20)16(22)18(17(23)15(13)21)29(27,28)26-24-11-7-6-10(8-12(11)25-26)9-4-2-1-3-5-9/h6-9H,1-5H2. The van der Waals surface area contributed by atoms with Crippen LogP contribution in [0.3, 0.4) is 0 Å². The molecule has 1 aliphatic carbocycles. The van der Waals surface area contributed by atoms with Crippen LogP contribution in [0.2, 0.25) is 0 Å². The van der Waals surface area contributed by atoms with Crippen LogP contribution in [0.4, 0.5) is 22.0 Å². The molecule has 2 aromatic carbocycles. The fourth-order valence-electron chi connectivity index (χ4n) is 3.60. The molecular weight excluding hydrogens is 417 g/mol. The van der Waals surface area contributed by atoms with Gasteiger partial charge in [-0.25, -0.2) is 22.0 Å². The third kappa shape index (κ3) is 3.17. The summed E-state index contributed by atoms with van der Waals surface area (Å²) in [6.07, 6.45) is 5.24. The van der Waals surface area contributed by atoms with Gasteiger partial charge in [0.15, 0.2) is 28.2 Å². The molecule has 29 heavy (non-hydrogen) atoms. The Kier molecular flexibility index (Phi) is 4.80. The number of hydrogen-bond acceptors (Lipinski definition) is 4. The van der Waals surface area contributed by atoms with Crippen molar-refractivity contribution in [2.75, 3.05) is 0 Å². The molecule has 0 atom stereocenters. The summed E-state index contributed by atoms with van der Waals surface area (Å²) in [7, 11) is -5.26. The average Bonchev–Trinajstić information content (AvgIpc) is 3.16. The minimum atomic E-state index is -5.26. The number of rotatable bonds is 3. The highest BCUT2D eigenvalue weighted by Gasteiger charge is 2.36. The van der Waals surface area contributed by atoms with E-state index in [4.69, 9.17) is 0 Å². The van der Waals surface area contributed by atoms with E-state index >= 15 is 0 Å². The molecule has 1 saturated carbocycles. The Morgan fingerprint density at radius 2 is 1.34 bits per heavy atom. The quantitative estimate of drug-likeness (QED) is 0.350. The zero-order chi connectivity index (χ0) is 20.9. The van der Waals surface area contributed by atoms with Crippen LogP contribution in [-0.2, 0) is 10.0 Å². The van der Waals surface area contributed by atoms with Gasteiger partial charge < -0.3 is 0 Å². The zero-order valence-corrected chi connectivity index (χ0v) is 15.6. The van der Waals surface area contributed by atoms with Gasteiger partial charge in [0.05, 0.1) is 0 Å². The third-order valence-electron chi connectivity index (χ3n) is 5.11. The predicted octanol–water partition coefficient (Wildman–Crippen LogP) is 4.41. The summed E-state index contributed by atoms with van der Waals surface area (Å²) in [6, 6.07) is 4.90. The lowest BCUT2D eigenvalue weighted by atomic mass is 9.84. The summed E-state index contributed by atoms with van der Waals surface area (Å²) in [5.74, 6) is -11.8. The van der Waals surface area contributed by atoms with E-state index < -0.39 is 44.0 Å². The summed E-state index contributed by atoms with van der Waals surface area (Å²) < 4.78 is 93.1. The number of fused-ring (bicyclic) bond motifs is 1. The molecule has 1 heterocycles. The van der Waals surface area contributed by atoms with Gasteiger partial charge in [0.1, 0.15) is 11.0 Å². The molecule has 0 radical (unpaired) electrons. The van der Waals surface area contributed by atoms with E-state index in [1.165, 1.54) is 6.07 Å². The van der Waals surface area contributed by atoms with Gasteiger partial charge in [-0.15, -0.1) is 10.2 Å². The normalized spacial score (nSPS) is 15.9. The van der Waals surface area contributed by atoms with Crippen LogP contribution in [0.1, 0.15) is 43.6 Å². The topological polar surface area (TPSA) is 64.8 Å². The lowest BCUT2D eigenvalue weighted by molar-refractivity contribution is 0.357. The second-order valence-electron chi connectivity index (χ2n) is 6.91. The molecule has 11 heteroatoms. The van der Waals surface area contributed by atoms with Gasteiger partial charge in [-0.05, 0) is 36.5 Å². The van der Waals surface area contributed by atoms with E-state index in [1.54, 1.807) is 12.1 Å². The molecule has 0 spiro atoms. The minimum Gasteiger partial charge on any atom is -0.202 e. The van der Waals surface area contributed by atoms with E-state index in [2.05, 4.69) is 10.2 Å². The van der Waals surface area contributed by atoms with Crippen molar-refractivity contribution in [3.63, 3.8) is 0 Å². The molecule has 0 saturated heterocycles. The van der Waals surface area contributed by atoms with Crippen molar-refractivity contribution in [1.82, 2.24) is 14.4 Å². The fraction of sp³-hybridized carbons (Fsp3) is 0.333. The average molecular weight is 431 g/mol. The molecule has 5 nitrogen and oxygen atoms in total. The van der Waals surface area contributed by atoms with Gasteiger partial charge >= 0.3 is 10.0 Å². The maximum atomic E-state index is 14.0. The lowest BCUT2D eigenvalue weighted by Gasteiger charge is -2.21. The maximum Gasteiger partial charge on any atom is 0.305 e. The fourth-order valence-corrected chi connectivity index (χ4v) is 4.79. The Labute approximate surface area is 162 Å². The molecule has 0 amide bonds. The molecule has 1 fully saturated rings. The molecule has 3 aromatic rings. The first-order chi connectivity index (χ1) is 13.7. The van der Waals surface area contributed by atoms with Crippen molar-refractivity contribution in [2.24, 2.45) is 0 Å². The van der Waals surface area contributed by atoms with Crippen molar-refractivity contribution in [3.8, 4) is 0 Å². The maximum absolute atomic E-state index is 14.0. The summed E-state index contributed by atoms with van der Waals surface area (Å²) in [4.78, 5) is -2.00. The summed E-state index contributed by atoms with van der Waals surface area (Å²) in [6.45, 7) is 0. The largest absolute Gasteiger partial charge is 0.305 e. The van der Waals surface area contributed by atoms with Crippen LogP contribution in [0.5, 0.6) is 0 Å². The van der Waals surface area contributed by atoms with Crippen LogP contribution in [0.15, 0.2) is 23.1 Å². The molecule has 0 N–H and O–H groups in total. The highest BCUT2D eigenvalue weighted by molar-refractivity contribution is 7.89. The van der Waals surface area contributed by atoms with Crippen molar-refractivity contribution in [2.45, 2.75) is 42.9 Å². The monoisotopic (exact) mass is 431 g/mol. The highest BCUT2D eigenvalue weighted by atomic mass is 32.2. The van der Waals surface area contributed by atoms with Crippen LogP contribution in [-0.4, -0.2) is 22.8 Å². The third-order valence-corrected chi connectivity index (χ3v) is 6.57.